The molecule has 1 heterocycles. The van der Waals surface area contributed by atoms with Crippen molar-refractivity contribution in [2.24, 2.45) is 5.73 Å². The van der Waals surface area contributed by atoms with Gasteiger partial charge < -0.3 is 15.5 Å². The van der Waals surface area contributed by atoms with Crippen molar-refractivity contribution < 1.29 is 4.74 Å². The second-order valence-electron chi connectivity index (χ2n) is 4.96. The van der Waals surface area contributed by atoms with Crippen molar-refractivity contribution in [1.82, 2.24) is 4.98 Å². The molecule has 0 aliphatic rings. The fraction of sp³-hybridized carbons (Fsp3) is 0.176. The van der Waals surface area contributed by atoms with Crippen molar-refractivity contribution in [1.29, 1.82) is 0 Å². The van der Waals surface area contributed by atoms with Crippen molar-refractivity contribution in [3.8, 4) is 5.75 Å². The van der Waals surface area contributed by atoms with Gasteiger partial charge in [0.1, 0.15) is 12.4 Å². The Hall–Kier alpha value is -2.26. The fourth-order valence-corrected chi connectivity index (χ4v) is 2.49. The summed E-state index contributed by atoms with van der Waals surface area (Å²) in [5, 5.41) is 1.18. The molecular formula is C17H18N2O. The highest BCUT2D eigenvalue weighted by atomic mass is 16.5. The van der Waals surface area contributed by atoms with Crippen LogP contribution in [0.2, 0.25) is 0 Å². The highest BCUT2D eigenvalue weighted by Crippen LogP contribution is 2.24. The van der Waals surface area contributed by atoms with Crippen molar-refractivity contribution >= 4 is 10.9 Å². The van der Waals surface area contributed by atoms with Crippen LogP contribution in [0.3, 0.4) is 0 Å². The van der Waals surface area contributed by atoms with Crippen LogP contribution in [0.5, 0.6) is 5.75 Å². The van der Waals surface area contributed by atoms with Gasteiger partial charge in [-0.3, -0.25) is 0 Å². The summed E-state index contributed by atoms with van der Waals surface area (Å²) >= 11 is 0. The lowest BCUT2D eigenvalue weighted by Crippen LogP contribution is -1.99. The van der Waals surface area contributed by atoms with E-state index in [0.29, 0.717) is 13.2 Å². The summed E-state index contributed by atoms with van der Waals surface area (Å²) in [7, 11) is 0. The summed E-state index contributed by atoms with van der Waals surface area (Å²) < 4.78 is 5.88. The van der Waals surface area contributed by atoms with Gasteiger partial charge in [-0.2, -0.15) is 0 Å². The number of ether oxygens (including phenoxy) is 1. The van der Waals surface area contributed by atoms with Crippen molar-refractivity contribution in [2.75, 3.05) is 0 Å². The van der Waals surface area contributed by atoms with Gasteiger partial charge in [0.2, 0.25) is 0 Å². The first kappa shape index (κ1) is 12.8. The normalized spacial score (nSPS) is 10.9. The quantitative estimate of drug-likeness (QED) is 0.759. The van der Waals surface area contributed by atoms with Gasteiger partial charge in [0.05, 0.1) is 0 Å². The predicted molar refractivity (Wildman–Crippen MR) is 81.7 cm³/mol. The van der Waals surface area contributed by atoms with E-state index in [-0.39, 0.29) is 0 Å². The van der Waals surface area contributed by atoms with Crippen LogP contribution in [-0.2, 0) is 13.2 Å². The minimum Gasteiger partial charge on any atom is -0.489 e. The Balaban J connectivity index is 1.88. The van der Waals surface area contributed by atoms with Crippen LogP contribution in [0.1, 0.15) is 16.7 Å². The van der Waals surface area contributed by atoms with Crippen LogP contribution < -0.4 is 10.5 Å². The van der Waals surface area contributed by atoms with Gasteiger partial charge in [-0.15, -0.1) is 0 Å². The van der Waals surface area contributed by atoms with Gasteiger partial charge in [-0.1, -0.05) is 24.3 Å². The van der Waals surface area contributed by atoms with Gasteiger partial charge in [0.15, 0.2) is 0 Å². The molecule has 0 atom stereocenters. The number of aromatic amines is 1. The number of aryl methyl sites for hydroxylation is 1. The zero-order valence-electron chi connectivity index (χ0n) is 11.5. The highest BCUT2D eigenvalue weighted by Gasteiger charge is 2.08. The molecule has 0 fully saturated rings. The molecule has 3 aromatic rings. The number of fused-ring (bicyclic) bond motifs is 1. The molecule has 3 heteroatoms. The van der Waals surface area contributed by atoms with Gasteiger partial charge in [0, 0.05) is 29.2 Å². The lowest BCUT2D eigenvalue weighted by atomic mass is 10.1. The minimum absolute atomic E-state index is 0.534. The first-order chi connectivity index (χ1) is 9.78. The van der Waals surface area contributed by atoms with Crippen LogP contribution in [0.4, 0.5) is 0 Å². The van der Waals surface area contributed by atoms with Crippen molar-refractivity contribution in [3.05, 3.63) is 65.4 Å². The fourth-order valence-electron chi connectivity index (χ4n) is 2.49. The van der Waals surface area contributed by atoms with E-state index in [1.54, 1.807) is 0 Å². The van der Waals surface area contributed by atoms with Crippen LogP contribution in [0.15, 0.2) is 48.7 Å². The third-order valence-corrected chi connectivity index (χ3v) is 3.48. The predicted octanol–water partition coefficient (Wildman–Crippen LogP) is 3.51. The summed E-state index contributed by atoms with van der Waals surface area (Å²) in [6.45, 7) is 3.14. The first-order valence-electron chi connectivity index (χ1n) is 6.75. The third-order valence-electron chi connectivity index (χ3n) is 3.48. The maximum Gasteiger partial charge on any atom is 0.120 e. The monoisotopic (exact) mass is 266 g/mol. The third kappa shape index (κ3) is 2.40. The molecule has 0 saturated heterocycles. The van der Waals surface area contributed by atoms with E-state index in [0.717, 1.165) is 22.4 Å². The van der Waals surface area contributed by atoms with Crippen LogP contribution in [0, 0.1) is 6.92 Å². The molecule has 0 unspecified atom stereocenters. The van der Waals surface area contributed by atoms with Gasteiger partial charge in [0.25, 0.3) is 0 Å². The lowest BCUT2D eigenvalue weighted by molar-refractivity contribution is 0.307. The van der Waals surface area contributed by atoms with Crippen molar-refractivity contribution in [3.63, 3.8) is 0 Å². The standard InChI is InChI=1S/C17H18N2O/c1-12-4-2-6-15(8-12)20-11-14-10-19-16-7-3-5-13(9-18)17(14)16/h2-8,10,19H,9,11,18H2,1H3. The second-order valence-corrected chi connectivity index (χ2v) is 4.96. The second kappa shape index (κ2) is 5.39. The molecule has 3 N–H and O–H groups in total. The average Bonchev–Trinajstić information content (AvgIpc) is 2.88. The SMILES string of the molecule is Cc1cccc(OCc2c[nH]c3cccc(CN)c23)c1. The molecule has 3 nitrogen and oxygen atoms in total. The van der Waals surface area contributed by atoms with Gasteiger partial charge in [-0.05, 0) is 36.2 Å². The molecule has 2 aromatic carbocycles. The van der Waals surface area contributed by atoms with E-state index in [4.69, 9.17) is 10.5 Å². The zero-order chi connectivity index (χ0) is 13.9. The average molecular weight is 266 g/mol. The molecule has 0 aliphatic heterocycles. The van der Waals surface area contributed by atoms with E-state index in [9.17, 15) is 0 Å². The van der Waals surface area contributed by atoms with Gasteiger partial charge >= 0.3 is 0 Å². The van der Waals surface area contributed by atoms with E-state index < -0.39 is 0 Å². The number of hydrogen-bond donors (Lipinski definition) is 2. The lowest BCUT2D eigenvalue weighted by Gasteiger charge is -2.07. The summed E-state index contributed by atoms with van der Waals surface area (Å²) in [4.78, 5) is 3.27. The largest absolute Gasteiger partial charge is 0.489 e. The molecular weight excluding hydrogens is 248 g/mol. The Labute approximate surface area is 118 Å². The van der Waals surface area contributed by atoms with Crippen LogP contribution in [0.25, 0.3) is 10.9 Å². The van der Waals surface area contributed by atoms with Crippen molar-refractivity contribution in [2.45, 2.75) is 20.1 Å². The molecule has 20 heavy (non-hydrogen) atoms. The number of hydrogen-bond acceptors (Lipinski definition) is 2. The smallest absolute Gasteiger partial charge is 0.120 e. The van der Waals surface area contributed by atoms with E-state index in [1.165, 1.54) is 10.9 Å². The molecule has 0 saturated carbocycles. The number of rotatable bonds is 4. The molecule has 0 spiro atoms. The Morgan fingerprint density at radius 2 is 1.95 bits per heavy atom. The zero-order valence-corrected chi connectivity index (χ0v) is 11.5. The molecule has 1 aromatic heterocycles. The molecule has 0 aliphatic carbocycles. The summed E-state index contributed by atoms with van der Waals surface area (Å²) in [5.74, 6) is 0.893. The molecule has 3 rings (SSSR count). The number of benzene rings is 2. The van der Waals surface area contributed by atoms with Gasteiger partial charge in [-0.25, -0.2) is 0 Å². The summed E-state index contributed by atoms with van der Waals surface area (Å²) in [6.07, 6.45) is 2.00. The Morgan fingerprint density at radius 3 is 2.75 bits per heavy atom. The summed E-state index contributed by atoms with van der Waals surface area (Å²) in [6, 6.07) is 14.2. The number of nitrogens with two attached hydrogens (primary N) is 1. The first-order valence-corrected chi connectivity index (χ1v) is 6.75. The molecule has 0 bridgehead atoms. The topological polar surface area (TPSA) is 51.0 Å². The highest BCUT2D eigenvalue weighted by molar-refractivity contribution is 5.86. The molecule has 0 radical (unpaired) electrons. The Kier molecular flexibility index (Phi) is 3.44. The Bertz CT molecular complexity index is 731. The molecule has 102 valence electrons. The van der Waals surface area contributed by atoms with E-state index >= 15 is 0 Å². The van der Waals surface area contributed by atoms with Crippen LogP contribution >= 0.6 is 0 Å². The summed E-state index contributed by atoms with van der Waals surface area (Å²) in [5.41, 5.74) is 10.4. The maximum atomic E-state index is 5.88. The minimum atomic E-state index is 0.534. The number of nitrogens with one attached hydrogen (secondary N) is 1. The number of aromatic nitrogens is 1. The van der Waals surface area contributed by atoms with Crippen LogP contribution in [-0.4, -0.2) is 4.98 Å². The maximum absolute atomic E-state index is 5.88. The van der Waals surface area contributed by atoms with E-state index in [2.05, 4.69) is 30.1 Å². The molecule has 0 amide bonds. The Morgan fingerprint density at radius 1 is 1.10 bits per heavy atom. The van der Waals surface area contributed by atoms with E-state index in [1.807, 2.05) is 30.5 Å². The number of H-pyrrole nitrogens is 1.